The van der Waals surface area contributed by atoms with Gasteiger partial charge >= 0.3 is 0 Å². The molecule has 3 heterocycles. The highest BCUT2D eigenvalue weighted by molar-refractivity contribution is 5.38. The number of aryl methyl sites for hydroxylation is 3. The molecule has 3 aromatic rings. The average molecular weight is 331 g/mol. The summed E-state index contributed by atoms with van der Waals surface area (Å²) in [6.07, 6.45) is 7.18. The number of fused-ring (bicyclic) bond motifs is 1. The summed E-state index contributed by atoms with van der Waals surface area (Å²) in [6.45, 7) is 7.56. The fourth-order valence-corrected chi connectivity index (χ4v) is 3.94. The van der Waals surface area contributed by atoms with Crippen LogP contribution in [0.2, 0.25) is 0 Å². The molecule has 1 aliphatic heterocycles. The molecule has 0 saturated carbocycles. The van der Waals surface area contributed by atoms with E-state index in [1.807, 2.05) is 12.4 Å². The zero-order valence-corrected chi connectivity index (χ0v) is 15.0. The van der Waals surface area contributed by atoms with E-state index >= 15 is 0 Å². The van der Waals surface area contributed by atoms with Gasteiger partial charge in [-0.25, -0.2) is 0 Å². The normalized spacial score (nSPS) is 17.9. The van der Waals surface area contributed by atoms with Crippen molar-refractivity contribution >= 4 is 0 Å². The summed E-state index contributed by atoms with van der Waals surface area (Å²) in [5.74, 6) is 0. The average Bonchev–Trinajstić information content (AvgIpc) is 3.00. The van der Waals surface area contributed by atoms with Gasteiger partial charge in [0.15, 0.2) is 0 Å². The van der Waals surface area contributed by atoms with Gasteiger partial charge in [0.1, 0.15) is 0 Å². The predicted octanol–water partition coefficient (Wildman–Crippen LogP) is 4.50. The summed E-state index contributed by atoms with van der Waals surface area (Å²) in [4.78, 5) is 6.79. The molecule has 0 amide bonds. The molecule has 2 aromatic heterocycles. The van der Waals surface area contributed by atoms with Gasteiger partial charge < -0.3 is 4.57 Å². The lowest BCUT2D eigenvalue weighted by Crippen LogP contribution is -2.30. The second-order valence-corrected chi connectivity index (χ2v) is 7.07. The van der Waals surface area contributed by atoms with Gasteiger partial charge in [0.05, 0.1) is 6.04 Å². The molecule has 4 rings (SSSR count). The van der Waals surface area contributed by atoms with Crippen LogP contribution in [0.1, 0.15) is 40.4 Å². The van der Waals surface area contributed by atoms with Gasteiger partial charge in [-0.05, 0) is 61.2 Å². The summed E-state index contributed by atoms with van der Waals surface area (Å²) in [6, 6.07) is 15.9. The molecular formula is C22H25N3. The van der Waals surface area contributed by atoms with Crippen molar-refractivity contribution in [2.45, 2.75) is 39.4 Å². The van der Waals surface area contributed by atoms with Crippen molar-refractivity contribution in [1.29, 1.82) is 0 Å². The lowest BCUT2D eigenvalue weighted by molar-refractivity contribution is 0.219. The van der Waals surface area contributed by atoms with Crippen molar-refractivity contribution < 1.29 is 0 Å². The van der Waals surface area contributed by atoms with Crippen LogP contribution in [0.15, 0.2) is 61.1 Å². The van der Waals surface area contributed by atoms with Crippen LogP contribution in [-0.2, 0) is 13.1 Å². The number of pyridine rings is 1. The van der Waals surface area contributed by atoms with Gasteiger partial charge in [0.2, 0.25) is 0 Å². The van der Waals surface area contributed by atoms with Crippen LogP contribution >= 0.6 is 0 Å². The number of aromatic nitrogens is 2. The summed E-state index contributed by atoms with van der Waals surface area (Å²) in [5, 5.41) is 0. The second-order valence-electron chi connectivity index (χ2n) is 7.07. The molecule has 0 fully saturated rings. The molecule has 3 heteroatoms. The first-order chi connectivity index (χ1) is 12.2. The standard InChI is InChI=1S/C22H25N3/c1-17-6-7-18(2)20(15-17)22-21-5-3-12-24(21)13-4-14-25(22)16-19-8-10-23-11-9-19/h3,5-12,15,22H,4,13-14,16H2,1-2H3. The molecule has 25 heavy (non-hydrogen) atoms. The third kappa shape index (κ3) is 3.24. The van der Waals surface area contributed by atoms with Crippen molar-refractivity contribution in [2.24, 2.45) is 0 Å². The molecule has 0 aliphatic carbocycles. The van der Waals surface area contributed by atoms with Crippen molar-refractivity contribution in [3.05, 3.63) is 89.0 Å². The maximum absolute atomic E-state index is 4.16. The molecule has 0 bridgehead atoms. The minimum atomic E-state index is 0.297. The van der Waals surface area contributed by atoms with E-state index in [0.717, 1.165) is 19.6 Å². The lowest BCUT2D eigenvalue weighted by Gasteiger charge is -2.32. The minimum Gasteiger partial charge on any atom is -0.350 e. The van der Waals surface area contributed by atoms with Gasteiger partial charge in [-0.3, -0.25) is 9.88 Å². The Bertz CT molecular complexity index is 851. The zero-order valence-electron chi connectivity index (χ0n) is 15.0. The lowest BCUT2D eigenvalue weighted by atomic mass is 9.95. The van der Waals surface area contributed by atoms with Crippen molar-refractivity contribution in [2.75, 3.05) is 6.54 Å². The largest absolute Gasteiger partial charge is 0.350 e. The first-order valence-corrected chi connectivity index (χ1v) is 9.07. The Labute approximate surface area is 149 Å². The second kappa shape index (κ2) is 6.85. The van der Waals surface area contributed by atoms with Gasteiger partial charge in [-0.2, -0.15) is 0 Å². The van der Waals surface area contributed by atoms with E-state index < -0.39 is 0 Å². The molecule has 1 atom stereocenters. The molecule has 0 spiro atoms. The van der Waals surface area contributed by atoms with Gasteiger partial charge in [0.25, 0.3) is 0 Å². The maximum atomic E-state index is 4.16. The van der Waals surface area contributed by atoms with E-state index in [1.165, 1.54) is 34.4 Å². The van der Waals surface area contributed by atoms with Crippen LogP contribution in [0.3, 0.4) is 0 Å². The molecular weight excluding hydrogens is 306 g/mol. The number of rotatable bonds is 3. The first-order valence-electron chi connectivity index (χ1n) is 9.07. The summed E-state index contributed by atoms with van der Waals surface area (Å²) >= 11 is 0. The molecule has 1 unspecified atom stereocenters. The van der Waals surface area contributed by atoms with Crippen LogP contribution < -0.4 is 0 Å². The molecule has 1 aliphatic rings. The molecule has 3 nitrogen and oxygen atoms in total. The van der Waals surface area contributed by atoms with E-state index in [0.29, 0.717) is 6.04 Å². The highest BCUT2D eigenvalue weighted by Crippen LogP contribution is 2.35. The Hall–Kier alpha value is -2.39. The highest BCUT2D eigenvalue weighted by atomic mass is 15.2. The Kier molecular flexibility index (Phi) is 4.41. The van der Waals surface area contributed by atoms with Crippen LogP contribution in [0.4, 0.5) is 0 Å². The Morgan fingerprint density at radius 2 is 1.88 bits per heavy atom. The van der Waals surface area contributed by atoms with Gasteiger partial charge in [-0.1, -0.05) is 23.8 Å². The van der Waals surface area contributed by atoms with Gasteiger partial charge in [0, 0.05) is 43.9 Å². The maximum Gasteiger partial charge on any atom is 0.0761 e. The van der Waals surface area contributed by atoms with E-state index in [-0.39, 0.29) is 0 Å². The van der Waals surface area contributed by atoms with Crippen molar-refractivity contribution in [3.63, 3.8) is 0 Å². The third-order valence-electron chi connectivity index (χ3n) is 5.22. The third-order valence-corrected chi connectivity index (χ3v) is 5.22. The van der Waals surface area contributed by atoms with Crippen LogP contribution in [0.25, 0.3) is 0 Å². The monoisotopic (exact) mass is 331 g/mol. The topological polar surface area (TPSA) is 21.1 Å². The smallest absolute Gasteiger partial charge is 0.0761 e. The minimum absolute atomic E-state index is 0.297. The van der Waals surface area contributed by atoms with Crippen LogP contribution in [0, 0.1) is 13.8 Å². The number of benzene rings is 1. The molecule has 1 aromatic carbocycles. The van der Waals surface area contributed by atoms with Crippen molar-refractivity contribution in [1.82, 2.24) is 14.5 Å². The van der Waals surface area contributed by atoms with Crippen molar-refractivity contribution in [3.8, 4) is 0 Å². The number of hydrogen-bond donors (Lipinski definition) is 0. The molecule has 128 valence electrons. The summed E-state index contributed by atoms with van der Waals surface area (Å²) in [7, 11) is 0. The van der Waals surface area contributed by atoms with E-state index in [1.54, 1.807) is 0 Å². The zero-order chi connectivity index (χ0) is 17.2. The van der Waals surface area contributed by atoms with Crippen LogP contribution in [-0.4, -0.2) is 21.0 Å². The molecule has 0 radical (unpaired) electrons. The van der Waals surface area contributed by atoms with E-state index in [2.05, 4.69) is 77.0 Å². The highest BCUT2D eigenvalue weighted by Gasteiger charge is 2.28. The molecule has 0 saturated heterocycles. The summed E-state index contributed by atoms with van der Waals surface area (Å²) < 4.78 is 2.43. The number of hydrogen-bond acceptors (Lipinski definition) is 2. The Morgan fingerprint density at radius 1 is 1.04 bits per heavy atom. The molecule has 0 N–H and O–H groups in total. The number of nitrogens with zero attached hydrogens (tertiary/aromatic N) is 3. The Morgan fingerprint density at radius 3 is 2.72 bits per heavy atom. The SMILES string of the molecule is Cc1ccc(C)c(C2c3cccn3CCCN2Cc2ccncc2)c1. The summed E-state index contributed by atoms with van der Waals surface area (Å²) in [5.41, 5.74) is 6.85. The Balaban J connectivity index is 1.80. The fraction of sp³-hybridized carbons (Fsp3) is 0.318. The van der Waals surface area contributed by atoms with Gasteiger partial charge in [-0.15, -0.1) is 0 Å². The van der Waals surface area contributed by atoms with E-state index in [9.17, 15) is 0 Å². The quantitative estimate of drug-likeness (QED) is 0.705. The first kappa shape index (κ1) is 16.1. The van der Waals surface area contributed by atoms with Crippen LogP contribution in [0.5, 0.6) is 0 Å². The van der Waals surface area contributed by atoms with E-state index in [4.69, 9.17) is 0 Å². The fourth-order valence-electron chi connectivity index (χ4n) is 3.94. The predicted molar refractivity (Wildman–Crippen MR) is 101 cm³/mol.